The topological polar surface area (TPSA) is 53.9 Å². The van der Waals surface area contributed by atoms with E-state index < -0.39 is 0 Å². The Morgan fingerprint density at radius 1 is 1.33 bits per heavy atom. The molecule has 1 unspecified atom stereocenters. The van der Waals surface area contributed by atoms with Crippen LogP contribution in [0.15, 0.2) is 36.7 Å². The average molecular weight is 368 g/mol. The molecule has 1 aromatic carbocycles. The van der Waals surface area contributed by atoms with E-state index in [1.807, 2.05) is 34.8 Å². The van der Waals surface area contributed by atoms with Crippen LogP contribution in [0.25, 0.3) is 10.9 Å². The summed E-state index contributed by atoms with van der Waals surface area (Å²) in [4.78, 5) is 18.2. The van der Waals surface area contributed by atoms with E-state index >= 15 is 0 Å². The first-order valence-electron chi connectivity index (χ1n) is 9.66. The van der Waals surface area contributed by atoms with E-state index in [1.165, 1.54) is 6.07 Å². The second kappa shape index (κ2) is 7.55. The zero-order chi connectivity index (χ0) is 18.8. The van der Waals surface area contributed by atoms with Crippen molar-refractivity contribution in [3.63, 3.8) is 0 Å². The Hall–Kier alpha value is -2.63. The maximum Gasteiger partial charge on any atom is 0.227 e. The van der Waals surface area contributed by atoms with Crippen LogP contribution >= 0.6 is 0 Å². The average Bonchev–Trinajstić information content (AvgIpc) is 3.30. The lowest BCUT2D eigenvalue weighted by atomic mass is 9.97. The third-order valence-corrected chi connectivity index (χ3v) is 5.63. The number of amides is 1. The van der Waals surface area contributed by atoms with Crippen LogP contribution in [0.4, 0.5) is 4.39 Å². The number of likely N-dealkylation sites (tertiary alicyclic amines) is 1. The molecule has 1 N–H and O–H groups in total. The molecule has 1 atom stereocenters. The number of piperidine rings is 1. The molecule has 4 rings (SSSR count). The van der Waals surface area contributed by atoms with Crippen molar-refractivity contribution in [2.45, 2.75) is 51.6 Å². The van der Waals surface area contributed by atoms with Gasteiger partial charge in [-0.25, -0.2) is 4.39 Å². The molecule has 2 aromatic heterocycles. The predicted octanol–water partition coefficient (Wildman–Crippen LogP) is 3.83. The van der Waals surface area contributed by atoms with Crippen LogP contribution < -0.4 is 0 Å². The maximum absolute atomic E-state index is 14.0. The molecule has 1 aliphatic heterocycles. The van der Waals surface area contributed by atoms with Gasteiger partial charge in [0.2, 0.25) is 5.91 Å². The van der Waals surface area contributed by atoms with E-state index in [0.717, 1.165) is 55.4 Å². The van der Waals surface area contributed by atoms with Crippen molar-refractivity contribution in [3.05, 3.63) is 53.7 Å². The Morgan fingerprint density at radius 3 is 3.04 bits per heavy atom. The van der Waals surface area contributed by atoms with Crippen LogP contribution in [0, 0.1) is 12.7 Å². The number of nitrogens with zero attached hydrogens (tertiary/aromatic N) is 3. The van der Waals surface area contributed by atoms with Crippen molar-refractivity contribution >= 4 is 16.8 Å². The van der Waals surface area contributed by atoms with Gasteiger partial charge in [-0.3, -0.25) is 9.48 Å². The summed E-state index contributed by atoms with van der Waals surface area (Å²) in [6, 6.07) is 7.20. The highest BCUT2D eigenvalue weighted by atomic mass is 19.1. The Morgan fingerprint density at radius 2 is 2.22 bits per heavy atom. The van der Waals surface area contributed by atoms with E-state index in [-0.39, 0.29) is 17.8 Å². The van der Waals surface area contributed by atoms with Gasteiger partial charge >= 0.3 is 0 Å². The fourth-order valence-electron chi connectivity index (χ4n) is 4.19. The lowest BCUT2D eigenvalue weighted by Crippen LogP contribution is -2.45. The second-order valence-corrected chi connectivity index (χ2v) is 7.36. The summed E-state index contributed by atoms with van der Waals surface area (Å²) in [6.07, 6.45) is 8.20. The number of aryl methyl sites for hydroxylation is 2. The number of hydrogen-bond donors (Lipinski definition) is 1. The molecule has 6 heteroatoms. The van der Waals surface area contributed by atoms with Gasteiger partial charge in [0, 0.05) is 42.6 Å². The standard InChI is InChI=1S/C21H25FN4O/c1-15-18(17-7-4-8-19(22)21(17)24-15)14-20(27)26-12-3-2-6-16(26)9-13-25-11-5-10-23-25/h4-5,7-8,10-11,16,24H,2-3,6,9,12-14H2,1H3. The summed E-state index contributed by atoms with van der Waals surface area (Å²) in [5.74, 6) is -0.141. The largest absolute Gasteiger partial charge is 0.356 e. The van der Waals surface area contributed by atoms with E-state index in [9.17, 15) is 9.18 Å². The maximum atomic E-state index is 14.0. The van der Waals surface area contributed by atoms with Crippen LogP contribution in [0.1, 0.15) is 36.9 Å². The highest BCUT2D eigenvalue weighted by Gasteiger charge is 2.27. The minimum atomic E-state index is -0.274. The molecule has 1 amide bonds. The van der Waals surface area contributed by atoms with Crippen molar-refractivity contribution < 1.29 is 9.18 Å². The molecule has 0 bridgehead atoms. The zero-order valence-corrected chi connectivity index (χ0v) is 15.6. The molecule has 1 aliphatic rings. The monoisotopic (exact) mass is 368 g/mol. The van der Waals surface area contributed by atoms with Gasteiger partial charge in [-0.15, -0.1) is 0 Å². The molecule has 3 heterocycles. The van der Waals surface area contributed by atoms with Gasteiger partial charge in [0.25, 0.3) is 0 Å². The van der Waals surface area contributed by atoms with Crippen LogP contribution in [0.3, 0.4) is 0 Å². The Balaban J connectivity index is 1.51. The van der Waals surface area contributed by atoms with Crippen LogP contribution in [0.2, 0.25) is 0 Å². The Kier molecular flexibility index (Phi) is 4.97. The quantitative estimate of drug-likeness (QED) is 0.744. The normalized spacial score (nSPS) is 17.6. The number of para-hydroxylation sites is 1. The molecular weight excluding hydrogens is 343 g/mol. The molecule has 0 spiro atoms. The number of carbonyl (C=O) groups is 1. The third-order valence-electron chi connectivity index (χ3n) is 5.63. The van der Waals surface area contributed by atoms with E-state index in [0.29, 0.717) is 11.9 Å². The first-order valence-corrected chi connectivity index (χ1v) is 9.66. The number of fused-ring (bicyclic) bond motifs is 1. The fraction of sp³-hybridized carbons (Fsp3) is 0.429. The summed E-state index contributed by atoms with van der Waals surface area (Å²) in [6.45, 7) is 3.53. The number of halogens is 1. The number of carbonyl (C=O) groups excluding carboxylic acids is 1. The molecule has 0 saturated carbocycles. The molecule has 3 aromatic rings. The van der Waals surface area contributed by atoms with Gasteiger partial charge in [0.1, 0.15) is 5.82 Å². The Labute approximate surface area is 158 Å². The fourth-order valence-corrected chi connectivity index (χ4v) is 4.19. The van der Waals surface area contributed by atoms with E-state index in [2.05, 4.69) is 10.1 Å². The summed E-state index contributed by atoms with van der Waals surface area (Å²) in [7, 11) is 0. The van der Waals surface area contributed by atoms with E-state index in [4.69, 9.17) is 0 Å². The highest BCUT2D eigenvalue weighted by Crippen LogP contribution is 2.27. The summed E-state index contributed by atoms with van der Waals surface area (Å²) >= 11 is 0. The Bertz CT molecular complexity index is 931. The van der Waals surface area contributed by atoms with Gasteiger partial charge in [0.15, 0.2) is 0 Å². The zero-order valence-electron chi connectivity index (χ0n) is 15.6. The summed E-state index contributed by atoms with van der Waals surface area (Å²) in [5, 5.41) is 5.07. The molecule has 1 saturated heterocycles. The van der Waals surface area contributed by atoms with Crippen molar-refractivity contribution in [2.24, 2.45) is 0 Å². The lowest BCUT2D eigenvalue weighted by molar-refractivity contribution is -0.134. The molecule has 27 heavy (non-hydrogen) atoms. The number of H-pyrrole nitrogens is 1. The van der Waals surface area contributed by atoms with Gasteiger partial charge in [0.05, 0.1) is 11.9 Å². The first kappa shape index (κ1) is 17.8. The number of benzene rings is 1. The van der Waals surface area contributed by atoms with Gasteiger partial charge < -0.3 is 9.88 Å². The molecule has 1 fully saturated rings. The van der Waals surface area contributed by atoms with Crippen LogP contribution in [-0.4, -0.2) is 38.2 Å². The number of aromatic nitrogens is 3. The van der Waals surface area contributed by atoms with Crippen molar-refractivity contribution in [1.82, 2.24) is 19.7 Å². The first-order chi connectivity index (χ1) is 13.1. The summed E-state index contributed by atoms with van der Waals surface area (Å²) in [5.41, 5.74) is 2.27. The van der Waals surface area contributed by atoms with Crippen molar-refractivity contribution in [3.8, 4) is 0 Å². The minimum absolute atomic E-state index is 0.133. The van der Waals surface area contributed by atoms with Crippen molar-refractivity contribution in [1.29, 1.82) is 0 Å². The summed E-state index contributed by atoms with van der Waals surface area (Å²) < 4.78 is 16.0. The molecular formula is C21H25FN4O. The predicted molar refractivity (Wildman–Crippen MR) is 103 cm³/mol. The van der Waals surface area contributed by atoms with Gasteiger partial charge in [-0.1, -0.05) is 12.1 Å². The van der Waals surface area contributed by atoms with Crippen LogP contribution in [0.5, 0.6) is 0 Å². The third kappa shape index (κ3) is 3.61. The minimum Gasteiger partial charge on any atom is -0.356 e. The molecule has 0 radical (unpaired) electrons. The smallest absolute Gasteiger partial charge is 0.227 e. The van der Waals surface area contributed by atoms with Gasteiger partial charge in [-0.2, -0.15) is 5.10 Å². The highest BCUT2D eigenvalue weighted by molar-refractivity contribution is 5.90. The van der Waals surface area contributed by atoms with Gasteiger partial charge in [-0.05, 0) is 50.3 Å². The van der Waals surface area contributed by atoms with E-state index in [1.54, 1.807) is 12.3 Å². The second-order valence-electron chi connectivity index (χ2n) is 7.36. The number of nitrogens with one attached hydrogen (secondary N) is 1. The molecule has 0 aliphatic carbocycles. The number of hydrogen-bond acceptors (Lipinski definition) is 2. The van der Waals surface area contributed by atoms with Crippen molar-refractivity contribution in [2.75, 3.05) is 6.54 Å². The van der Waals surface area contributed by atoms with Crippen LogP contribution in [-0.2, 0) is 17.8 Å². The SMILES string of the molecule is Cc1[nH]c2c(F)cccc2c1CC(=O)N1CCCCC1CCn1cccn1. The lowest BCUT2D eigenvalue weighted by Gasteiger charge is -2.36. The molecule has 5 nitrogen and oxygen atoms in total. The number of rotatable bonds is 5. The number of aromatic amines is 1. The molecule has 142 valence electrons.